The molecule has 2 aromatic carbocycles. The topological polar surface area (TPSA) is 70.7 Å². The Morgan fingerprint density at radius 3 is 2.63 bits per heavy atom. The Kier molecular flexibility index (Phi) is 7.71. The molecule has 0 saturated carbocycles. The van der Waals surface area contributed by atoms with Gasteiger partial charge in [0.2, 0.25) is 5.91 Å². The smallest absolute Gasteiger partial charge is 0.321 e. The minimum atomic E-state index is -0.103. The van der Waals surface area contributed by atoms with Gasteiger partial charge in [0.15, 0.2) is 0 Å². The Hall–Kier alpha value is -3.02. The average molecular weight is 410 g/mol. The molecule has 2 atom stereocenters. The highest BCUT2D eigenvalue weighted by Crippen LogP contribution is 2.29. The molecule has 160 valence electrons. The first-order valence-electron chi connectivity index (χ1n) is 10.6. The Bertz CT molecular complexity index is 841. The van der Waals surface area contributed by atoms with E-state index in [-0.39, 0.29) is 11.9 Å². The van der Waals surface area contributed by atoms with E-state index in [1.807, 2.05) is 53.4 Å². The third-order valence-electron chi connectivity index (χ3n) is 5.80. The van der Waals surface area contributed by atoms with Crippen LogP contribution in [-0.4, -0.2) is 37.0 Å². The van der Waals surface area contributed by atoms with E-state index in [0.29, 0.717) is 43.6 Å². The van der Waals surface area contributed by atoms with Crippen molar-refractivity contribution in [2.75, 3.05) is 25.5 Å². The molecule has 1 fully saturated rings. The molecule has 0 aliphatic carbocycles. The van der Waals surface area contributed by atoms with E-state index in [1.54, 1.807) is 13.2 Å². The summed E-state index contributed by atoms with van der Waals surface area (Å²) in [7, 11) is 1.60. The highest BCUT2D eigenvalue weighted by atomic mass is 16.5. The summed E-state index contributed by atoms with van der Waals surface area (Å²) in [5.41, 5.74) is 1.82. The summed E-state index contributed by atoms with van der Waals surface area (Å²) in [5.74, 6) is 1.40. The van der Waals surface area contributed by atoms with Crippen LogP contribution in [0.4, 0.5) is 10.5 Å². The van der Waals surface area contributed by atoms with Gasteiger partial charge in [-0.2, -0.15) is 0 Å². The van der Waals surface area contributed by atoms with Crippen molar-refractivity contribution in [2.45, 2.75) is 32.7 Å². The molecule has 3 rings (SSSR count). The zero-order chi connectivity index (χ0) is 21.3. The molecule has 0 spiro atoms. The van der Waals surface area contributed by atoms with Crippen LogP contribution < -0.4 is 15.4 Å². The van der Waals surface area contributed by atoms with Crippen molar-refractivity contribution in [3.8, 4) is 5.75 Å². The second kappa shape index (κ2) is 10.7. The van der Waals surface area contributed by atoms with E-state index < -0.39 is 0 Å². The van der Waals surface area contributed by atoms with Gasteiger partial charge in [0.1, 0.15) is 5.75 Å². The summed E-state index contributed by atoms with van der Waals surface area (Å²) < 4.78 is 5.21. The molecule has 2 N–H and O–H groups in total. The number of hydrogen-bond acceptors (Lipinski definition) is 3. The van der Waals surface area contributed by atoms with E-state index in [2.05, 4.69) is 17.6 Å². The standard InChI is InChI=1S/C24H31N3O3/c1-3-19-17-27(24(29)26-21-10-7-11-22(15-21)30-2)13-12-20(19)14-23(28)25-16-18-8-5-4-6-9-18/h4-11,15,19-20H,3,12-14,16-17H2,1-2H3,(H,25,28)(H,26,29). The summed E-state index contributed by atoms with van der Waals surface area (Å²) in [5, 5.41) is 5.98. The summed E-state index contributed by atoms with van der Waals surface area (Å²) in [6.07, 6.45) is 2.29. The van der Waals surface area contributed by atoms with Gasteiger partial charge >= 0.3 is 6.03 Å². The molecular weight excluding hydrogens is 378 g/mol. The zero-order valence-electron chi connectivity index (χ0n) is 17.8. The van der Waals surface area contributed by atoms with E-state index in [1.165, 1.54) is 0 Å². The van der Waals surface area contributed by atoms with Crippen LogP contribution in [0.15, 0.2) is 54.6 Å². The second-order valence-electron chi connectivity index (χ2n) is 7.79. The van der Waals surface area contributed by atoms with E-state index >= 15 is 0 Å². The number of nitrogens with zero attached hydrogens (tertiary/aromatic N) is 1. The fraction of sp³-hybridized carbons (Fsp3) is 0.417. The van der Waals surface area contributed by atoms with Gasteiger partial charge in [-0.15, -0.1) is 0 Å². The first-order chi connectivity index (χ1) is 14.6. The third kappa shape index (κ3) is 5.99. The lowest BCUT2D eigenvalue weighted by molar-refractivity contribution is -0.123. The monoisotopic (exact) mass is 409 g/mol. The maximum atomic E-state index is 12.7. The van der Waals surface area contributed by atoms with Crippen LogP contribution in [0.1, 0.15) is 31.7 Å². The fourth-order valence-corrected chi connectivity index (χ4v) is 4.01. The SMILES string of the molecule is CCC1CN(C(=O)Nc2cccc(OC)c2)CCC1CC(=O)NCc1ccccc1. The van der Waals surface area contributed by atoms with Crippen LogP contribution in [0.25, 0.3) is 0 Å². The number of amides is 3. The van der Waals surface area contributed by atoms with Crippen LogP contribution in [-0.2, 0) is 11.3 Å². The van der Waals surface area contributed by atoms with Crippen LogP contribution in [0.3, 0.4) is 0 Å². The zero-order valence-corrected chi connectivity index (χ0v) is 17.8. The van der Waals surface area contributed by atoms with Crippen molar-refractivity contribution in [1.29, 1.82) is 0 Å². The molecule has 0 radical (unpaired) electrons. The maximum Gasteiger partial charge on any atom is 0.321 e. The van der Waals surface area contributed by atoms with Gasteiger partial charge < -0.3 is 20.3 Å². The van der Waals surface area contributed by atoms with Crippen molar-refractivity contribution in [3.05, 3.63) is 60.2 Å². The summed E-state index contributed by atoms with van der Waals surface area (Å²) >= 11 is 0. The van der Waals surface area contributed by atoms with Crippen molar-refractivity contribution in [1.82, 2.24) is 10.2 Å². The largest absolute Gasteiger partial charge is 0.497 e. The van der Waals surface area contributed by atoms with E-state index in [0.717, 1.165) is 24.1 Å². The number of carbonyl (C=O) groups is 2. The number of methoxy groups -OCH3 is 1. The molecule has 0 bridgehead atoms. The fourth-order valence-electron chi connectivity index (χ4n) is 4.01. The van der Waals surface area contributed by atoms with Crippen LogP contribution in [0, 0.1) is 11.8 Å². The number of likely N-dealkylation sites (tertiary alicyclic amines) is 1. The van der Waals surface area contributed by atoms with Gasteiger partial charge in [-0.1, -0.05) is 49.7 Å². The average Bonchev–Trinajstić information content (AvgIpc) is 2.78. The highest BCUT2D eigenvalue weighted by Gasteiger charge is 2.31. The van der Waals surface area contributed by atoms with Gasteiger partial charge in [-0.3, -0.25) is 4.79 Å². The molecule has 6 heteroatoms. The molecule has 1 heterocycles. The van der Waals surface area contributed by atoms with Crippen molar-refractivity contribution in [2.24, 2.45) is 11.8 Å². The number of hydrogen-bond donors (Lipinski definition) is 2. The molecule has 6 nitrogen and oxygen atoms in total. The normalized spacial score (nSPS) is 18.5. The van der Waals surface area contributed by atoms with Gasteiger partial charge in [-0.05, 0) is 36.0 Å². The van der Waals surface area contributed by atoms with Crippen LogP contribution >= 0.6 is 0 Å². The Morgan fingerprint density at radius 1 is 1.10 bits per heavy atom. The molecular formula is C24H31N3O3. The van der Waals surface area contributed by atoms with E-state index in [4.69, 9.17) is 4.74 Å². The minimum absolute atomic E-state index is 0.0802. The lowest BCUT2D eigenvalue weighted by Crippen LogP contribution is -2.46. The number of ether oxygens (including phenoxy) is 1. The lowest BCUT2D eigenvalue weighted by Gasteiger charge is -2.38. The number of rotatable bonds is 7. The lowest BCUT2D eigenvalue weighted by atomic mass is 9.81. The van der Waals surface area contributed by atoms with Gasteiger partial charge in [0.05, 0.1) is 7.11 Å². The van der Waals surface area contributed by atoms with E-state index in [9.17, 15) is 9.59 Å². The number of nitrogens with one attached hydrogen (secondary N) is 2. The van der Waals surface area contributed by atoms with Gasteiger partial charge in [0.25, 0.3) is 0 Å². The maximum absolute atomic E-state index is 12.7. The summed E-state index contributed by atoms with van der Waals surface area (Å²) in [6, 6.07) is 17.2. The molecule has 2 aromatic rings. The number of benzene rings is 2. The predicted molar refractivity (Wildman–Crippen MR) is 118 cm³/mol. The number of anilines is 1. The molecule has 30 heavy (non-hydrogen) atoms. The second-order valence-corrected chi connectivity index (χ2v) is 7.79. The molecule has 3 amide bonds. The van der Waals surface area contributed by atoms with Crippen LogP contribution in [0.2, 0.25) is 0 Å². The molecule has 0 aromatic heterocycles. The Labute approximate surface area is 178 Å². The van der Waals surface area contributed by atoms with Gasteiger partial charge in [-0.25, -0.2) is 4.79 Å². The van der Waals surface area contributed by atoms with Crippen molar-refractivity contribution >= 4 is 17.6 Å². The quantitative estimate of drug-likeness (QED) is 0.717. The van der Waals surface area contributed by atoms with Crippen molar-refractivity contribution < 1.29 is 14.3 Å². The molecule has 1 saturated heterocycles. The molecule has 1 aliphatic rings. The van der Waals surface area contributed by atoms with Gasteiger partial charge in [0, 0.05) is 37.8 Å². The number of carbonyl (C=O) groups excluding carboxylic acids is 2. The predicted octanol–water partition coefficient (Wildman–Crippen LogP) is 4.28. The number of urea groups is 1. The first kappa shape index (κ1) is 21.7. The highest BCUT2D eigenvalue weighted by molar-refractivity contribution is 5.89. The van der Waals surface area contributed by atoms with Crippen LogP contribution in [0.5, 0.6) is 5.75 Å². The summed E-state index contributed by atoms with van der Waals surface area (Å²) in [6.45, 7) is 4.01. The molecule has 1 aliphatic heterocycles. The first-order valence-corrected chi connectivity index (χ1v) is 10.6. The number of piperidine rings is 1. The Balaban J connectivity index is 1.50. The minimum Gasteiger partial charge on any atom is -0.497 e. The Morgan fingerprint density at radius 2 is 1.90 bits per heavy atom. The third-order valence-corrected chi connectivity index (χ3v) is 5.80. The molecule has 2 unspecified atom stereocenters. The summed E-state index contributed by atoms with van der Waals surface area (Å²) in [4.78, 5) is 27.0. The van der Waals surface area contributed by atoms with Crippen molar-refractivity contribution in [3.63, 3.8) is 0 Å².